The van der Waals surface area contributed by atoms with E-state index in [0.29, 0.717) is 18.5 Å². The van der Waals surface area contributed by atoms with E-state index in [2.05, 4.69) is 4.98 Å². The maximum atomic E-state index is 10.8. The van der Waals surface area contributed by atoms with Crippen molar-refractivity contribution in [2.45, 2.75) is 24.4 Å². The minimum Gasteiger partial charge on any atom is -0.479 e. The highest BCUT2D eigenvalue weighted by Gasteiger charge is 2.56. The van der Waals surface area contributed by atoms with Crippen molar-refractivity contribution in [1.29, 1.82) is 0 Å². The van der Waals surface area contributed by atoms with Gasteiger partial charge in [0.2, 0.25) is 0 Å². The average Bonchev–Trinajstić information content (AvgIpc) is 2.89. The van der Waals surface area contributed by atoms with Crippen LogP contribution in [0.2, 0.25) is 5.15 Å². The van der Waals surface area contributed by atoms with Crippen LogP contribution in [0, 0.1) is 0 Å². The van der Waals surface area contributed by atoms with E-state index >= 15 is 0 Å². The van der Waals surface area contributed by atoms with E-state index in [0.717, 1.165) is 0 Å². The second-order valence-corrected chi connectivity index (χ2v) is 4.25. The first-order valence-electron chi connectivity index (χ1n) is 4.57. The lowest BCUT2D eigenvalue weighted by Crippen LogP contribution is -2.35. The van der Waals surface area contributed by atoms with Crippen LogP contribution >= 0.6 is 11.6 Å². The number of hydrogen-bond donors (Lipinski definition) is 2. The summed E-state index contributed by atoms with van der Waals surface area (Å²) < 4.78 is 1.67. The van der Waals surface area contributed by atoms with Gasteiger partial charge in [-0.25, -0.2) is 9.78 Å². The number of rotatable bonds is 3. The first-order valence-corrected chi connectivity index (χ1v) is 4.95. The van der Waals surface area contributed by atoms with Gasteiger partial charge in [-0.2, -0.15) is 0 Å². The van der Waals surface area contributed by atoms with Crippen LogP contribution in [0.4, 0.5) is 0 Å². The van der Waals surface area contributed by atoms with E-state index in [1.807, 2.05) is 0 Å². The standard InChI is InChI=1S/C9H11ClN2O3/c1-12-4-11-7(10)5(12)9(2-3-9)6(13)8(14)15/h4,6,13H,2-3H2,1H3,(H,14,15). The molecule has 0 aliphatic heterocycles. The molecule has 15 heavy (non-hydrogen) atoms. The maximum absolute atomic E-state index is 10.8. The summed E-state index contributed by atoms with van der Waals surface area (Å²) in [5.74, 6) is -1.22. The zero-order valence-electron chi connectivity index (χ0n) is 8.14. The van der Waals surface area contributed by atoms with E-state index in [-0.39, 0.29) is 5.15 Å². The number of nitrogens with zero attached hydrogens (tertiary/aromatic N) is 2. The summed E-state index contributed by atoms with van der Waals surface area (Å²) in [6.07, 6.45) is 1.36. The van der Waals surface area contributed by atoms with Crippen LogP contribution in [0.25, 0.3) is 0 Å². The molecular formula is C9H11ClN2O3. The molecule has 0 radical (unpaired) electrons. The largest absolute Gasteiger partial charge is 0.479 e. The van der Waals surface area contributed by atoms with Gasteiger partial charge in [0.25, 0.3) is 0 Å². The Labute approximate surface area is 91.3 Å². The summed E-state index contributed by atoms with van der Waals surface area (Å²) in [4.78, 5) is 14.7. The number of hydrogen-bond acceptors (Lipinski definition) is 3. The Morgan fingerprint density at radius 2 is 2.33 bits per heavy atom. The van der Waals surface area contributed by atoms with Crippen LogP contribution in [0.1, 0.15) is 18.5 Å². The molecule has 1 aromatic rings. The van der Waals surface area contributed by atoms with Crippen LogP contribution in [-0.2, 0) is 17.3 Å². The van der Waals surface area contributed by atoms with Gasteiger partial charge < -0.3 is 14.8 Å². The molecule has 1 aliphatic rings. The van der Waals surface area contributed by atoms with Gasteiger partial charge >= 0.3 is 5.97 Å². The quantitative estimate of drug-likeness (QED) is 0.795. The molecular weight excluding hydrogens is 220 g/mol. The molecule has 0 saturated heterocycles. The summed E-state index contributed by atoms with van der Waals surface area (Å²) in [6, 6.07) is 0. The van der Waals surface area contributed by atoms with E-state index in [1.165, 1.54) is 6.33 Å². The molecule has 1 heterocycles. The van der Waals surface area contributed by atoms with Gasteiger partial charge in [0.15, 0.2) is 11.3 Å². The molecule has 0 amide bonds. The molecule has 2 rings (SSSR count). The number of carbonyl (C=O) groups is 1. The highest BCUT2D eigenvalue weighted by Crippen LogP contribution is 2.52. The van der Waals surface area contributed by atoms with Crippen molar-refractivity contribution in [2.75, 3.05) is 0 Å². The first kappa shape index (κ1) is 10.4. The number of aliphatic carboxylic acids is 1. The van der Waals surface area contributed by atoms with Crippen LogP contribution in [0.3, 0.4) is 0 Å². The molecule has 1 atom stereocenters. The molecule has 5 nitrogen and oxygen atoms in total. The highest BCUT2D eigenvalue weighted by molar-refractivity contribution is 6.30. The van der Waals surface area contributed by atoms with Gasteiger partial charge in [-0.1, -0.05) is 11.6 Å². The lowest BCUT2D eigenvalue weighted by atomic mass is 9.95. The number of carboxylic acid groups (broad SMARTS) is 1. The molecule has 0 bridgehead atoms. The molecule has 1 saturated carbocycles. The fourth-order valence-electron chi connectivity index (χ4n) is 1.97. The first-order chi connectivity index (χ1) is 6.99. The highest BCUT2D eigenvalue weighted by atomic mass is 35.5. The van der Waals surface area contributed by atoms with Gasteiger partial charge in [0.1, 0.15) is 0 Å². The van der Waals surface area contributed by atoms with Gasteiger partial charge in [-0.3, -0.25) is 0 Å². The second kappa shape index (κ2) is 3.21. The number of carboxylic acids is 1. The fourth-order valence-corrected chi connectivity index (χ4v) is 2.33. The number of imidazole rings is 1. The third-order valence-electron chi connectivity index (χ3n) is 2.91. The number of aromatic nitrogens is 2. The van der Waals surface area contributed by atoms with Crippen molar-refractivity contribution >= 4 is 17.6 Å². The number of aliphatic hydroxyl groups excluding tert-OH is 1. The molecule has 1 fully saturated rings. The normalized spacial score (nSPS) is 19.9. The minimum absolute atomic E-state index is 0.273. The molecule has 0 spiro atoms. The lowest BCUT2D eigenvalue weighted by Gasteiger charge is -2.19. The van der Waals surface area contributed by atoms with E-state index in [4.69, 9.17) is 16.7 Å². The molecule has 82 valence electrons. The number of aryl methyl sites for hydroxylation is 1. The molecule has 0 aromatic carbocycles. The topological polar surface area (TPSA) is 75.3 Å². The predicted molar refractivity (Wildman–Crippen MR) is 52.8 cm³/mol. The molecule has 1 unspecified atom stereocenters. The Morgan fingerprint density at radius 1 is 1.73 bits per heavy atom. The zero-order chi connectivity index (χ0) is 11.2. The Bertz CT molecular complexity index is 392. The molecule has 1 aromatic heterocycles. The second-order valence-electron chi connectivity index (χ2n) is 3.89. The van der Waals surface area contributed by atoms with E-state index in [1.54, 1.807) is 11.6 Å². The Morgan fingerprint density at radius 3 is 2.67 bits per heavy atom. The Kier molecular flexibility index (Phi) is 2.24. The summed E-state index contributed by atoms with van der Waals surface area (Å²) in [5, 5.41) is 18.7. The van der Waals surface area contributed by atoms with Crippen LogP contribution in [0.15, 0.2) is 6.33 Å². The molecule has 2 N–H and O–H groups in total. The Balaban J connectivity index is 2.43. The van der Waals surface area contributed by atoms with Gasteiger partial charge in [-0.15, -0.1) is 0 Å². The third kappa shape index (κ3) is 1.42. The summed E-state index contributed by atoms with van der Waals surface area (Å²) in [7, 11) is 1.74. The van der Waals surface area contributed by atoms with E-state index in [9.17, 15) is 9.90 Å². The van der Waals surface area contributed by atoms with E-state index < -0.39 is 17.5 Å². The average molecular weight is 231 g/mol. The smallest absolute Gasteiger partial charge is 0.333 e. The van der Waals surface area contributed by atoms with Gasteiger partial charge in [0.05, 0.1) is 17.4 Å². The zero-order valence-corrected chi connectivity index (χ0v) is 8.90. The van der Waals surface area contributed by atoms with Crippen LogP contribution in [-0.4, -0.2) is 31.8 Å². The van der Waals surface area contributed by atoms with Crippen LogP contribution in [0.5, 0.6) is 0 Å². The SMILES string of the molecule is Cn1cnc(Cl)c1C1(C(O)C(=O)O)CC1. The Hall–Kier alpha value is -1.07. The van der Waals surface area contributed by atoms with Crippen molar-refractivity contribution in [1.82, 2.24) is 9.55 Å². The van der Waals surface area contributed by atoms with Crippen molar-refractivity contribution in [3.63, 3.8) is 0 Å². The van der Waals surface area contributed by atoms with Crippen molar-refractivity contribution in [2.24, 2.45) is 7.05 Å². The van der Waals surface area contributed by atoms with Crippen molar-refractivity contribution in [3.05, 3.63) is 17.2 Å². The number of halogens is 1. The fraction of sp³-hybridized carbons (Fsp3) is 0.556. The summed E-state index contributed by atoms with van der Waals surface area (Å²) >= 11 is 5.88. The summed E-state index contributed by atoms with van der Waals surface area (Å²) in [5.41, 5.74) is -0.132. The van der Waals surface area contributed by atoms with Gasteiger partial charge in [-0.05, 0) is 12.8 Å². The minimum atomic E-state index is -1.41. The van der Waals surface area contributed by atoms with Crippen molar-refractivity contribution < 1.29 is 15.0 Å². The maximum Gasteiger partial charge on any atom is 0.333 e. The number of aliphatic hydroxyl groups is 1. The van der Waals surface area contributed by atoms with Crippen molar-refractivity contribution in [3.8, 4) is 0 Å². The molecule has 1 aliphatic carbocycles. The van der Waals surface area contributed by atoms with Gasteiger partial charge in [0, 0.05) is 7.05 Å². The predicted octanol–water partition coefficient (Wildman–Crippen LogP) is 0.551. The molecule has 6 heteroatoms. The monoisotopic (exact) mass is 230 g/mol. The lowest BCUT2D eigenvalue weighted by molar-refractivity contribution is -0.148. The van der Waals surface area contributed by atoms with Crippen LogP contribution < -0.4 is 0 Å². The third-order valence-corrected chi connectivity index (χ3v) is 3.19. The summed E-state index contributed by atoms with van der Waals surface area (Å²) in [6.45, 7) is 0.